The van der Waals surface area contributed by atoms with Crippen LogP contribution in [0.4, 0.5) is 19.2 Å². The molecule has 4 heterocycles. The predicted octanol–water partition coefficient (Wildman–Crippen LogP) is 2.71. The second kappa shape index (κ2) is 22.4. The molecule has 1 atom stereocenters. The van der Waals surface area contributed by atoms with Gasteiger partial charge < -0.3 is 63.0 Å². The number of amides is 8. The average molecular weight is 950 g/mol. The summed E-state index contributed by atoms with van der Waals surface area (Å²) >= 11 is 0. The third kappa shape index (κ3) is 17.2. The zero-order valence-corrected chi connectivity index (χ0v) is 42.5. The van der Waals surface area contributed by atoms with Crippen molar-refractivity contribution in [2.24, 2.45) is 17.8 Å². The molecule has 0 aromatic heterocycles. The highest BCUT2D eigenvalue weighted by Crippen LogP contribution is 2.23. The molecule has 0 aromatic carbocycles. The summed E-state index contributed by atoms with van der Waals surface area (Å²) in [4.78, 5) is 125. The lowest BCUT2D eigenvalue weighted by Crippen LogP contribution is -2.50. The molecule has 0 saturated carbocycles. The Bertz CT molecular complexity index is 1610. The molecule has 0 aromatic rings. The maximum atomic E-state index is 15.0. The van der Waals surface area contributed by atoms with Crippen molar-refractivity contribution < 1.29 is 57.3 Å². The number of rotatable bonds is 4. The summed E-state index contributed by atoms with van der Waals surface area (Å²) in [5.41, 5.74) is -3.33. The SMILES string of the molecule is CN1CCN(C=O)CC(C(=O)N2CCN(C(=O)C3CN(C(=O)OC(C)(C)C)CCN(C(=O)OC(C)(C)C)C3)CCN(C(=O)C3CN(C(=O)OC(C)(C)C)CCN(C(=O)OC(C)(C)C)C3)CC2)C1. The van der Waals surface area contributed by atoms with Gasteiger partial charge in [-0.25, -0.2) is 19.2 Å². The fourth-order valence-corrected chi connectivity index (χ4v) is 8.26. The molecule has 0 spiro atoms. The number of nitrogens with zero attached hydrogens (tertiary/aromatic N) is 9. The van der Waals surface area contributed by atoms with Crippen molar-refractivity contribution in [2.45, 2.75) is 105 Å². The molecule has 4 saturated heterocycles. The van der Waals surface area contributed by atoms with E-state index < -0.39 is 76.3 Å². The van der Waals surface area contributed by atoms with E-state index in [1.807, 2.05) is 11.9 Å². The van der Waals surface area contributed by atoms with Crippen LogP contribution >= 0.6 is 0 Å². The molecule has 8 amide bonds. The van der Waals surface area contributed by atoms with E-state index in [1.54, 1.807) is 103 Å². The fraction of sp³-hybridized carbons (Fsp3) is 0.826. The molecule has 21 heteroatoms. The Morgan fingerprint density at radius 1 is 0.358 bits per heavy atom. The molecule has 0 radical (unpaired) electrons. The van der Waals surface area contributed by atoms with Gasteiger partial charge in [0.1, 0.15) is 22.4 Å². The number of hydrogen-bond donors (Lipinski definition) is 0. The van der Waals surface area contributed by atoms with Crippen LogP contribution in [0.15, 0.2) is 0 Å². The fourth-order valence-electron chi connectivity index (χ4n) is 8.26. The molecule has 380 valence electrons. The largest absolute Gasteiger partial charge is 0.444 e. The topological polar surface area (TPSA) is 203 Å². The Kier molecular flexibility index (Phi) is 18.2. The summed E-state index contributed by atoms with van der Waals surface area (Å²) < 4.78 is 22.8. The van der Waals surface area contributed by atoms with Gasteiger partial charge in [-0.3, -0.25) is 19.2 Å². The van der Waals surface area contributed by atoms with Crippen molar-refractivity contribution in [3.8, 4) is 0 Å². The normalized spacial score (nSPS) is 20.9. The van der Waals surface area contributed by atoms with Gasteiger partial charge in [-0.2, -0.15) is 0 Å². The molecule has 4 aliphatic rings. The van der Waals surface area contributed by atoms with Gasteiger partial charge in [0, 0.05) is 118 Å². The molecule has 4 aliphatic heterocycles. The molecule has 4 rings (SSSR count). The van der Waals surface area contributed by atoms with E-state index in [-0.39, 0.29) is 104 Å². The zero-order chi connectivity index (χ0) is 50.2. The average Bonchev–Trinajstić information content (AvgIpc) is 3.61. The van der Waals surface area contributed by atoms with Gasteiger partial charge in [0.05, 0.1) is 17.8 Å². The Balaban J connectivity index is 1.73. The summed E-state index contributed by atoms with van der Waals surface area (Å²) in [6.45, 7) is 22.9. The third-order valence-corrected chi connectivity index (χ3v) is 11.5. The maximum Gasteiger partial charge on any atom is 0.410 e. The van der Waals surface area contributed by atoms with E-state index >= 15 is 9.59 Å². The molecular weight excluding hydrogens is 871 g/mol. The monoisotopic (exact) mass is 950 g/mol. The van der Waals surface area contributed by atoms with Crippen LogP contribution in [0.2, 0.25) is 0 Å². The van der Waals surface area contributed by atoms with Gasteiger partial charge in [0.2, 0.25) is 24.1 Å². The first-order valence-electron chi connectivity index (χ1n) is 23.6. The van der Waals surface area contributed by atoms with E-state index in [9.17, 15) is 28.8 Å². The maximum absolute atomic E-state index is 15.0. The van der Waals surface area contributed by atoms with Crippen molar-refractivity contribution in [3.05, 3.63) is 0 Å². The molecule has 21 nitrogen and oxygen atoms in total. The predicted molar refractivity (Wildman–Crippen MR) is 247 cm³/mol. The Morgan fingerprint density at radius 3 is 0.836 bits per heavy atom. The van der Waals surface area contributed by atoms with Gasteiger partial charge >= 0.3 is 24.4 Å². The van der Waals surface area contributed by atoms with Gasteiger partial charge in [0.25, 0.3) is 0 Å². The van der Waals surface area contributed by atoms with Gasteiger partial charge in [0.15, 0.2) is 0 Å². The Hall–Kier alpha value is -5.08. The van der Waals surface area contributed by atoms with Gasteiger partial charge in [-0.05, 0) is 90.1 Å². The smallest absolute Gasteiger partial charge is 0.410 e. The third-order valence-electron chi connectivity index (χ3n) is 11.5. The van der Waals surface area contributed by atoms with Crippen LogP contribution in [0.1, 0.15) is 83.1 Å². The van der Waals surface area contributed by atoms with E-state index in [0.717, 1.165) is 6.41 Å². The molecular formula is C46H79N9O12. The summed E-state index contributed by atoms with van der Waals surface area (Å²) in [6.07, 6.45) is -1.83. The van der Waals surface area contributed by atoms with Crippen LogP contribution in [-0.4, -0.2) is 240 Å². The van der Waals surface area contributed by atoms with Crippen LogP contribution in [0, 0.1) is 17.8 Å². The van der Waals surface area contributed by atoms with Crippen LogP contribution in [-0.2, 0) is 38.1 Å². The number of ether oxygens (including phenoxy) is 4. The first kappa shape index (κ1) is 54.5. The van der Waals surface area contributed by atoms with Crippen molar-refractivity contribution in [3.63, 3.8) is 0 Å². The number of hydrogen-bond acceptors (Lipinski definition) is 13. The highest BCUT2D eigenvalue weighted by molar-refractivity contribution is 5.84. The Labute approximate surface area is 397 Å². The van der Waals surface area contributed by atoms with Crippen LogP contribution in [0.5, 0.6) is 0 Å². The zero-order valence-electron chi connectivity index (χ0n) is 42.5. The van der Waals surface area contributed by atoms with Gasteiger partial charge in [-0.1, -0.05) is 0 Å². The molecule has 0 bridgehead atoms. The summed E-state index contributed by atoms with van der Waals surface area (Å²) in [5.74, 6) is -3.54. The van der Waals surface area contributed by atoms with Crippen molar-refractivity contribution in [1.29, 1.82) is 0 Å². The minimum absolute atomic E-state index is 0.0192. The lowest BCUT2D eigenvalue weighted by molar-refractivity contribution is -0.140. The second-order valence-corrected chi connectivity index (χ2v) is 22.1. The minimum Gasteiger partial charge on any atom is -0.444 e. The molecule has 1 unspecified atom stereocenters. The summed E-state index contributed by atoms with van der Waals surface area (Å²) in [6, 6.07) is 0. The Morgan fingerprint density at radius 2 is 0.597 bits per heavy atom. The first-order valence-corrected chi connectivity index (χ1v) is 23.6. The van der Waals surface area contributed by atoms with Gasteiger partial charge in [-0.15, -0.1) is 0 Å². The quantitative estimate of drug-likeness (QED) is 0.295. The second-order valence-electron chi connectivity index (χ2n) is 22.1. The molecule has 0 aliphatic carbocycles. The van der Waals surface area contributed by atoms with Crippen LogP contribution < -0.4 is 0 Å². The molecule has 67 heavy (non-hydrogen) atoms. The van der Waals surface area contributed by atoms with Crippen molar-refractivity contribution in [2.75, 3.05) is 125 Å². The molecule has 4 fully saturated rings. The van der Waals surface area contributed by atoms with Crippen molar-refractivity contribution in [1.82, 2.24) is 44.1 Å². The lowest BCUT2D eigenvalue weighted by atomic mass is 10.1. The van der Waals surface area contributed by atoms with E-state index in [1.165, 1.54) is 19.6 Å². The van der Waals surface area contributed by atoms with Crippen molar-refractivity contribution >= 4 is 48.5 Å². The van der Waals surface area contributed by atoms with Crippen LogP contribution in [0.25, 0.3) is 0 Å². The summed E-state index contributed by atoms with van der Waals surface area (Å²) in [5, 5.41) is 0. The number of carbonyl (C=O) groups excluding carboxylic acids is 8. The number of likely N-dealkylation sites (N-methyl/N-ethyl adjacent to an activating group) is 1. The van der Waals surface area contributed by atoms with E-state index in [4.69, 9.17) is 18.9 Å². The standard InChI is InChI=1S/C46H79N9O12/c1-43(2,3)64-39(60)52-22-23-53(40(61)65-44(4,5)6)29-34(28-52)37(58)50-18-16-49(36(57)33-26-47(13)14-15-48(27-33)32-56)17-19-51(21-20-50)38(59)35-30-54(41(62)66-45(7,8)9)24-25-55(31-35)42(63)67-46(10,11)12/h32-35H,14-31H2,1-13H3. The lowest BCUT2D eigenvalue weighted by Gasteiger charge is -2.33. The van der Waals surface area contributed by atoms with E-state index in [0.29, 0.717) is 19.6 Å². The highest BCUT2D eigenvalue weighted by atomic mass is 16.6. The minimum atomic E-state index is -0.945. The van der Waals surface area contributed by atoms with E-state index in [2.05, 4.69) is 0 Å². The number of carbonyl (C=O) groups is 8. The molecule has 0 N–H and O–H groups in total. The summed E-state index contributed by atoms with van der Waals surface area (Å²) in [7, 11) is 1.88. The highest BCUT2D eigenvalue weighted by Gasteiger charge is 2.41. The van der Waals surface area contributed by atoms with Crippen LogP contribution in [0.3, 0.4) is 0 Å². The first-order chi connectivity index (χ1) is 30.9.